The summed E-state index contributed by atoms with van der Waals surface area (Å²) >= 11 is 0. The molecule has 1 unspecified atom stereocenters. The summed E-state index contributed by atoms with van der Waals surface area (Å²) in [6, 6.07) is 1.98. The van der Waals surface area contributed by atoms with Gasteiger partial charge in [0.25, 0.3) is 0 Å². The lowest BCUT2D eigenvalue weighted by atomic mass is 10.1. The monoisotopic (exact) mass is 266 g/mol. The van der Waals surface area contributed by atoms with Gasteiger partial charge in [-0.3, -0.25) is 0 Å². The highest BCUT2D eigenvalue weighted by Gasteiger charge is 2.24. The third-order valence-electron chi connectivity index (χ3n) is 3.30. The average Bonchev–Trinajstić information content (AvgIpc) is 2.88. The number of aromatic nitrogens is 2. The van der Waals surface area contributed by atoms with Crippen LogP contribution in [0.25, 0.3) is 0 Å². The summed E-state index contributed by atoms with van der Waals surface area (Å²) in [4.78, 5) is 11.2. The van der Waals surface area contributed by atoms with Gasteiger partial charge in [0, 0.05) is 46.3 Å². The Bertz CT molecular complexity index is 414. The molecule has 1 aromatic rings. The van der Waals surface area contributed by atoms with Crippen LogP contribution in [-0.2, 0) is 16.1 Å². The third-order valence-corrected chi connectivity index (χ3v) is 3.30. The van der Waals surface area contributed by atoms with Gasteiger partial charge in [-0.25, -0.2) is 9.97 Å². The van der Waals surface area contributed by atoms with E-state index in [1.54, 1.807) is 14.2 Å². The van der Waals surface area contributed by atoms with E-state index in [9.17, 15) is 0 Å². The Morgan fingerprint density at radius 1 is 1.37 bits per heavy atom. The number of anilines is 2. The standard InChI is InChI=1S/C13H22N4O2/c1-14-11-6-13(16-12(15-11)9-19-3)17-5-4-10(7-17)8-18-2/h6,10H,4-5,7-9H2,1-3H3,(H,14,15,16). The summed E-state index contributed by atoms with van der Waals surface area (Å²) in [6.45, 7) is 3.24. The van der Waals surface area contributed by atoms with Crippen LogP contribution in [-0.4, -0.2) is 50.9 Å². The minimum absolute atomic E-state index is 0.428. The van der Waals surface area contributed by atoms with Crippen molar-refractivity contribution < 1.29 is 9.47 Å². The summed E-state index contributed by atoms with van der Waals surface area (Å²) in [5.41, 5.74) is 0. The number of rotatable bonds is 6. The Labute approximate surface area is 114 Å². The van der Waals surface area contributed by atoms with Gasteiger partial charge in [-0.1, -0.05) is 0 Å². The Morgan fingerprint density at radius 3 is 2.89 bits per heavy atom. The molecule has 0 aliphatic carbocycles. The second-order valence-corrected chi connectivity index (χ2v) is 4.77. The zero-order valence-electron chi connectivity index (χ0n) is 11.8. The van der Waals surface area contributed by atoms with E-state index in [0.29, 0.717) is 18.3 Å². The van der Waals surface area contributed by atoms with E-state index in [1.807, 2.05) is 13.1 Å². The van der Waals surface area contributed by atoms with Crippen LogP contribution in [0.2, 0.25) is 0 Å². The molecule has 0 amide bonds. The second-order valence-electron chi connectivity index (χ2n) is 4.77. The van der Waals surface area contributed by atoms with Gasteiger partial charge in [0.15, 0.2) is 5.82 Å². The van der Waals surface area contributed by atoms with Gasteiger partial charge in [0.2, 0.25) is 0 Å². The van der Waals surface area contributed by atoms with Crippen LogP contribution in [0.1, 0.15) is 12.2 Å². The summed E-state index contributed by atoms with van der Waals surface area (Å²) in [7, 11) is 5.27. The van der Waals surface area contributed by atoms with Gasteiger partial charge in [0.1, 0.15) is 18.2 Å². The zero-order valence-corrected chi connectivity index (χ0v) is 11.8. The molecule has 6 heteroatoms. The van der Waals surface area contributed by atoms with E-state index in [2.05, 4.69) is 20.2 Å². The van der Waals surface area contributed by atoms with Gasteiger partial charge in [-0.15, -0.1) is 0 Å². The Morgan fingerprint density at radius 2 is 2.21 bits per heavy atom. The van der Waals surface area contributed by atoms with Crippen molar-refractivity contribution in [3.8, 4) is 0 Å². The normalized spacial score (nSPS) is 18.9. The molecule has 1 atom stereocenters. The molecule has 19 heavy (non-hydrogen) atoms. The number of methoxy groups -OCH3 is 2. The zero-order chi connectivity index (χ0) is 13.7. The second kappa shape index (κ2) is 6.68. The highest BCUT2D eigenvalue weighted by Crippen LogP contribution is 2.24. The smallest absolute Gasteiger partial charge is 0.158 e. The molecule has 1 saturated heterocycles. The molecule has 2 rings (SSSR count). The van der Waals surface area contributed by atoms with E-state index >= 15 is 0 Å². The van der Waals surface area contributed by atoms with Gasteiger partial charge < -0.3 is 19.7 Å². The molecule has 1 aliphatic rings. The molecule has 0 bridgehead atoms. The number of nitrogens with zero attached hydrogens (tertiary/aromatic N) is 3. The van der Waals surface area contributed by atoms with E-state index < -0.39 is 0 Å². The first kappa shape index (κ1) is 14.0. The highest BCUT2D eigenvalue weighted by atomic mass is 16.5. The predicted octanol–water partition coefficient (Wildman–Crippen LogP) is 1.14. The maximum absolute atomic E-state index is 5.23. The molecule has 0 aromatic carbocycles. The van der Waals surface area contributed by atoms with Crippen LogP contribution in [0.3, 0.4) is 0 Å². The van der Waals surface area contributed by atoms with Crippen molar-refractivity contribution in [1.82, 2.24) is 9.97 Å². The Kier molecular flexibility index (Phi) is 4.93. The molecule has 106 valence electrons. The molecule has 1 fully saturated rings. The van der Waals surface area contributed by atoms with E-state index in [-0.39, 0.29) is 0 Å². The lowest BCUT2D eigenvalue weighted by molar-refractivity contribution is 0.161. The van der Waals surface area contributed by atoms with E-state index in [0.717, 1.165) is 37.8 Å². The average molecular weight is 266 g/mol. The van der Waals surface area contributed by atoms with Crippen LogP contribution in [0.5, 0.6) is 0 Å². The maximum atomic E-state index is 5.23. The quantitative estimate of drug-likeness (QED) is 0.833. The first-order valence-corrected chi connectivity index (χ1v) is 6.55. The van der Waals surface area contributed by atoms with Gasteiger partial charge in [0.05, 0.1) is 6.61 Å². The SMILES string of the molecule is CNc1cc(N2CCC(COC)C2)nc(COC)n1. The fraction of sp³-hybridized carbons (Fsp3) is 0.692. The summed E-state index contributed by atoms with van der Waals surface area (Å²) in [6.07, 6.45) is 1.15. The van der Waals surface area contributed by atoms with Crippen LogP contribution >= 0.6 is 0 Å². The minimum Gasteiger partial charge on any atom is -0.384 e. The number of ether oxygens (including phenoxy) is 2. The topological polar surface area (TPSA) is 59.5 Å². The first-order valence-electron chi connectivity index (χ1n) is 6.55. The van der Waals surface area contributed by atoms with Crippen molar-refractivity contribution in [2.24, 2.45) is 5.92 Å². The molecule has 2 heterocycles. The van der Waals surface area contributed by atoms with Gasteiger partial charge in [-0.05, 0) is 6.42 Å². The molecule has 0 saturated carbocycles. The van der Waals surface area contributed by atoms with Crippen molar-refractivity contribution in [2.75, 3.05) is 51.2 Å². The maximum Gasteiger partial charge on any atom is 0.158 e. The Balaban J connectivity index is 2.12. The molecule has 0 radical (unpaired) electrons. The van der Waals surface area contributed by atoms with Crippen molar-refractivity contribution in [1.29, 1.82) is 0 Å². The molecule has 0 spiro atoms. The summed E-state index contributed by atoms with van der Waals surface area (Å²) in [5.74, 6) is 3.08. The molecule has 1 N–H and O–H groups in total. The van der Waals surface area contributed by atoms with Crippen molar-refractivity contribution >= 4 is 11.6 Å². The van der Waals surface area contributed by atoms with Crippen molar-refractivity contribution in [2.45, 2.75) is 13.0 Å². The Hall–Kier alpha value is -1.40. The van der Waals surface area contributed by atoms with Crippen LogP contribution < -0.4 is 10.2 Å². The number of hydrogen-bond donors (Lipinski definition) is 1. The fourth-order valence-corrected chi connectivity index (χ4v) is 2.38. The van der Waals surface area contributed by atoms with Crippen LogP contribution in [0.15, 0.2) is 6.07 Å². The van der Waals surface area contributed by atoms with E-state index in [1.165, 1.54) is 0 Å². The van der Waals surface area contributed by atoms with Crippen LogP contribution in [0.4, 0.5) is 11.6 Å². The lowest BCUT2D eigenvalue weighted by Gasteiger charge is -2.19. The van der Waals surface area contributed by atoms with Gasteiger partial charge >= 0.3 is 0 Å². The molecule has 1 aromatic heterocycles. The molecular weight excluding hydrogens is 244 g/mol. The number of nitrogens with one attached hydrogen (secondary N) is 1. The summed E-state index contributed by atoms with van der Waals surface area (Å²) < 4.78 is 10.3. The minimum atomic E-state index is 0.428. The highest BCUT2D eigenvalue weighted by molar-refractivity contribution is 5.49. The fourth-order valence-electron chi connectivity index (χ4n) is 2.38. The summed E-state index contributed by atoms with van der Waals surface area (Å²) in [5, 5.41) is 3.07. The van der Waals surface area contributed by atoms with Crippen molar-refractivity contribution in [3.05, 3.63) is 11.9 Å². The molecular formula is C13H22N4O2. The third kappa shape index (κ3) is 3.54. The molecule has 6 nitrogen and oxygen atoms in total. The molecule has 1 aliphatic heterocycles. The van der Waals surface area contributed by atoms with Gasteiger partial charge in [-0.2, -0.15) is 0 Å². The van der Waals surface area contributed by atoms with E-state index in [4.69, 9.17) is 9.47 Å². The number of hydrogen-bond acceptors (Lipinski definition) is 6. The predicted molar refractivity (Wildman–Crippen MR) is 74.5 cm³/mol. The lowest BCUT2D eigenvalue weighted by Crippen LogP contribution is -2.23. The largest absolute Gasteiger partial charge is 0.384 e. The first-order chi connectivity index (χ1) is 9.26. The van der Waals surface area contributed by atoms with Crippen LogP contribution in [0, 0.1) is 5.92 Å². The van der Waals surface area contributed by atoms with Crippen molar-refractivity contribution in [3.63, 3.8) is 0 Å².